The fourth-order valence-corrected chi connectivity index (χ4v) is 1.33. The van der Waals surface area contributed by atoms with Crippen LogP contribution in [0.3, 0.4) is 0 Å². The van der Waals surface area contributed by atoms with Crippen molar-refractivity contribution in [3.63, 3.8) is 0 Å². The van der Waals surface area contributed by atoms with Crippen LogP contribution < -0.4 is 10.2 Å². The van der Waals surface area contributed by atoms with Crippen molar-refractivity contribution in [2.24, 2.45) is 0 Å². The Balaban J connectivity index is 2.50. The van der Waals surface area contributed by atoms with Crippen molar-refractivity contribution in [2.45, 2.75) is 19.3 Å². The number of hydrogen-bond donors (Lipinski definition) is 1. The summed E-state index contributed by atoms with van der Waals surface area (Å²) in [6.07, 6.45) is 7.93. The minimum absolute atomic E-state index is 0.190. The number of halogens is 1. The number of nitrogens with zero attached hydrogens (tertiary/aromatic N) is 4. The lowest BCUT2D eigenvalue weighted by Gasteiger charge is -2.11. The van der Waals surface area contributed by atoms with Crippen LogP contribution in [-0.2, 0) is 0 Å². The average molecular weight is 254 g/mol. The predicted molar refractivity (Wildman–Crippen MR) is 70.3 cm³/mol. The molecule has 1 N–H and O–H groups in total. The van der Waals surface area contributed by atoms with Gasteiger partial charge >= 0.3 is 0 Å². The number of nitrogens with one attached hydrogen (secondary N) is 1. The summed E-state index contributed by atoms with van der Waals surface area (Å²) in [5.41, 5.74) is 0. The molecule has 1 heterocycles. The van der Waals surface area contributed by atoms with Gasteiger partial charge in [0.25, 0.3) is 0 Å². The van der Waals surface area contributed by atoms with Gasteiger partial charge < -0.3 is 10.2 Å². The maximum Gasteiger partial charge on any atom is 0.230 e. The fraction of sp³-hybridized carbons (Fsp3) is 0.545. The highest BCUT2D eigenvalue weighted by Crippen LogP contribution is 2.11. The number of unbranched alkanes of at least 4 members (excludes halogenated alkanes) is 2. The van der Waals surface area contributed by atoms with E-state index in [0.29, 0.717) is 11.9 Å². The standard InChI is InChI=1S/C11H16ClN5/c1-4-5-6-7-8-13-10-14-9(12)15-11(16-10)17(2)3/h1H,5-8H2,2-3H3,(H,13,14,15,16). The lowest BCUT2D eigenvalue weighted by atomic mass is 10.2. The van der Waals surface area contributed by atoms with E-state index < -0.39 is 0 Å². The summed E-state index contributed by atoms with van der Waals surface area (Å²) in [5, 5.41) is 3.29. The largest absolute Gasteiger partial charge is 0.354 e. The molecule has 0 amide bonds. The van der Waals surface area contributed by atoms with Crippen molar-refractivity contribution < 1.29 is 0 Å². The number of rotatable bonds is 6. The second-order valence-electron chi connectivity index (χ2n) is 3.71. The van der Waals surface area contributed by atoms with E-state index in [4.69, 9.17) is 18.0 Å². The molecule has 0 aromatic carbocycles. The first-order chi connectivity index (χ1) is 8.13. The Morgan fingerprint density at radius 2 is 2.06 bits per heavy atom. The van der Waals surface area contributed by atoms with E-state index >= 15 is 0 Å². The molecule has 0 aliphatic rings. The second kappa shape index (κ2) is 6.92. The SMILES string of the molecule is C#CCCCCNc1nc(Cl)nc(N(C)C)n1. The summed E-state index contributed by atoms with van der Waals surface area (Å²) >= 11 is 5.80. The fourth-order valence-electron chi connectivity index (χ4n) is 1.17. The molecule has 0 saturated carbocycles. The normalized spacial score (nSPS) is 9.76. The predicted octanol–water partition coefficient (Wildman–Crippen LogP) is 1.81. The Morgan fingerprint density at radius 1 is 1.29 bits per heavy atom. The molecule has 5 nitrogen and oxygen atoms in total. The third kappa shape index (κ3) is 4.87. The summed E-state index contributed by atoms with van der Waals surface area (Å²) in [5.74, 6) is 3.64. The van der Waals surface area contributed by atoms with Crippen molar-refractivity contribution in [1.82, 2.24) is 15.0 Å². The molecule has 0 unspecified atom stereocenters. The van der Waals surface area contributed by atoms with Gasteiger partial charge in [0.2, 0.25) is 17.2 Å². The van der Waals surface area contributed by atoms with Gasteiger partial charge in [0.15, 0.2) is 0 Å². The number of aromatic nitrogens is 3. The molecule has 0 spiro atoms. The van der Waals surface area contributed by atoms with Crippen LogP contribution in [0, 0.1) is 12.3 Å². The van der Waals surface area contributed by atoms with Crippen molar-refractivity contribution in [2.75, 3.05) is 30.9 Å². The van der Waals surface area contributed by atoms with Gasteiger partial charge in [-0.3, -0.25) is 0 Å². The third-order valence-corrected chi connectivity index (χ3v) is 2.20. The Bertz CT molecular complexity index is 399. The molecule has 0 atom stereocenters. The van der Waals surface area contributed by atoms with Gasteiger partial charge in [-0.15, -0.1) is 12.3 Å². The monoisotopic (exact) mass is 253 g/mol. The number of terminal acetylenes is 1. The molecule has 1 aromatic rings. The Morgan fingerprint density at radius 3 is 2.71 bits per heavy atom. The lowest BCUT2D eigenvalue weighted by Crippen LogP contribution is -2.15. The van der Waals surface area contributed by atoms with Gasteiger partial charge in [0.05, 0.1) is 0 Å². The minimum atomic E-state index is 0.190. The molecule has 0 saturated heterocycles. The molecule has 0 fully saturated rings. The van der Waals surface area contributed by atoms with Crippen molar-refractivity contribution in [3.05, 3.63) is 5.28 Å². The molecule has 0 bridgehead atoms. The first kappa shape index (κ1) is 13.5. The number of anilines is 2. The van der Waals surface area contributed by atoms with Gasteiger partial charge in [0.1, 0.15) is 0 Å². The Hall–Kier alpha value is -1.54. The molecular formula is C11H16ClN5. The molecule has 1 rings (SSSR count). The van der Waals surface area contributed by atoms with E-state index in [1.54, 1.807) is 4.90 Å². The average Bonchev–Trinajstić information content (AvgIpc) is 2.28. The summed E-state index contributed by atoms with van der Waals surface area (Å²) < 4.78 is 0. The highest BCUT2D eigenvalue weighted by atomic mass is 35.5. The van der Waals surface area contributed by atoms with Crippen LogP contribution in [0.25, 0.3) is 0 Å². The van der Waals surface area contributed by atoms with Gasteiger partial charge in [-0.05, 0) is 24.4 Å². The first-order valence-corrected chi connectivity index (χ1v) is 5.77. The van der Waals surface area contributed by atoms with Crippen LogP contribution >= 0.6 is 11.6 Å². The van der Waals surface area contributed by atoms with E-state index in [-0.39, 0.29) is 5.28 Å². The lowest BCUT2D eigenvalue weighted by molar-refractivity contribution is 0.782. The van der Waals surface area contributed by atoms with Gasteiger partial charge in [-0.2, -0.15) is 15.0 Å². The summed E-state index contributed by atoms with van der Waals surface area (Å²) in [6, 6.07) is 0. The summed E-state index contributed by atoms with van der Waals surface area (Å²) in [4.78, 5) is 14.0. The van der Waals surface area contributed by atoms with Gasteiger partial charge in [0, 0.05) is 27.1 Å². The zero-order valence-corrected chi connectivity index (χ0v) is 10.8. The number of hydrogen-bond acceptors (Lipinski definition) is 5. The molecular weight excluding hydrogens is 238 g/mol. The molecule has 0 aliphatic carbocycles. The topological polar surface area (TPSA) is 53.9 Å². The Kier molecular flexibility index (Phi) is 5.50. The first-order valence-electron chi connectivity index (χ1n) is 5.39. The third-order valence-electron chi connectivity index (χ3n) is 2.03. The Labute approximate surface area is 107 Å². The summed E-state index contributed by atoms with van der Waals surface area (Å²) in [6.45, 7) is 0.773. The summed E-state index contributed by atoms with van der Waals surface area (Å²) in [7, 11) is 3.70. The maximum absolute atomic E-state index is 5.80. The van der Waals surface area contributed by atoms with Gasteiger partial charge in [-0.25, -0.2) is 0 Å². The second-order valence-corrected chi connectivity index (χ2v) is 4.05. The molecule has 6 heteroatoms. The zero-order chi connectivity index (χ0) is 12.7. The molecule has 0 radical (unpaired) electrons. The van der Waals surface area contributed by atoms with Crippen molar-refractivity contribution in [3.8, 4) is 12.3 Å². The van der Waals surface area contributed by atoms with Crippen LogP contribution in [0.2, 0.25) is 5.28 Å². The quantitative estimate of drug-likeness (QED) is 0.619. The van der Waals surface area contributed by atoms with E-state index in [9.17, 15) is 0 Å². The molecule has 0 aliphatic heterocycles. The van der Waals surface area contributed by atoms with Crippen molar-refractivity contribution in [1.29, 1.82) is 0 Å². The zero-order valence-electron chi connectivity index (χ0n) is 10.1. The highest BCUT2D eigenvalue weighted by Gasteiger charge is 2.05. The smallest absolute Gasteiger partial charge is 0.230 e. The molecule has 92 valence electrons. The van der Waals surface area contributed by atoms with Gasteiger partial charge in [-0.1, -0.05) is 0 Å². The highest BCUT2D eigenvalue weighted by molar-refractivity contribution is 6.28. The van der Waals surface area contributed by atoms with E-state index in [1.165, 1.54) is 0 Å². The van der Waals surface area contributed by atoms with Crippen LogP contribution in [0.15, 0.2) is 0 Å². The minimum Gasteiger partial charge on any atom is -0.354 e. The maximum atomic E-state index is 5.80. The van der Waals surface area contributed by atoms with Crippen LogP contribution in [-0.4, -0.2) is 35.6 Å². The van der Waals surface area contributed by atoms with Crippen LogP contribution in [0.5, 0.6) is 0 Å². The molecule has 17 heavy (non-hydrogen) atoms. The van der Waals surface area contributed by atoms with Crippen LogP contribution in [0.4, 0.5) is 11.9 Å². The van der Waals surface area contributed by atoms with Crippen LogP contribution in [0.1, 0.15) is 19.3 Å². The molecule has 1 aromatic heterocycles. The van der Waals surface area contributed by atoms with E-state index in [1.807, 2.05) is 14.1 Å². The van der Waals surface area contributed by atoms with E-state index in [0.717, 1.165) is 25.8 Å². The van der Waals surface area contributed by atoms with E-state index in [2.05, 4.69) is 26.2 Å². The van der Waals surface area contributed by atoms with Crippen molar-refractivity contribution >= 4 is 23.5 Å².